The number of halogens is 3. The van der Waals surface area contributed by atoms with Gasteiger partial charge in [-0.05, 0) is 48.4 Å². The minimum absolute atomic E-state index is 0.277. The Hall–Kier alpha value is -0.930. The van der Waals surface area contributed by atoms with Crippen LogP contribution in [0.1, 0.15) is 11.1 Å². The number of sulfonamides is 1. The zero-order valence-electron chi connectivity index (χ0n) is 15.9. The Morgan fingerprint density at radius 3 is 2.45 bits per heavy atom. The van der Waals surface area contributed by atoms with Gasteiger partial charge in [-0.25, -0.2) is 8.42 Å². The molecule has 0 heterocycles. The number of aryl methyl sites for hydroxylation is 1. The summed E-state index contributed by atoms with van der Waals surface area (Å²) in [4.78, 5) is 12.3. The van der Waals surface area contributed by atoms with Crippen molar-refractivity contribution in [3.05, 3.63) is 62.0 Å². The summed E-state index contributed by atoms with van der Waals surface area (Å²) < 4.78 is 26.3. The summed E-state index contributed by atoms with van der Waals surface area (Å²) >= 11 is 17.2. The minimum Gasteiger partial charge on any atom is -0.354 e. The van der Waals surface area contributed by atoms with Gasteiger partial charge in [0.05, 0.1) is 11.9 Å². The molecule has 0 aliphatic heterocycles. The van der Waals surface area contributed by atoms with Gasteiger partial charge in [0.1, 0.15) is 6.54 Å². The molecule has 158 valence electrons. The molecule has 0 saturated carbocycles. The Bertz CT molecular complexity index is 967. The SMILES string of the molecule is Cc1cc(N(CC(=O)NCCSCc2c(Cl)cccc2Cl)S(C)(=O)=O)ccc1Br. The molecule has 0 aromatic heterocycles. The van der Waals surface area contributed by atoms with Gasteiger partial charge in [-0.2, -0.15) is 11.8 Å². The van der Waals surface area contributed by atoms with Crippen LogP contribution < -0.4 is 9.62 Å². The lowest BCUT2D eigenvalue weighted by Gasteiger charge is -2.22. The van der Waals surface area contributed by atoms with Crippen molar-refractivity contribution in [2.45, 2.75) is 12.7 Å². The van der Waals surface area contributed by atoms with E-state index in [1.54, 1.807) is 48.2 Å². The van der Waals surface area contributed by atoms with Crippen molar-refractivity contribution in [2.75, 3.05) is 29.4 Å². The van der Waals surface area contributed by atoms with E-state index in [2.05, 4.69) is 21.2 Å². The fourth-order valence-corrected chi connectivity index (χ4v) is 5.17. The minimum atomic E-state index is -3.60. The highest BCUT2D eigenvalue weighted by molar-refractivity contribution is 9.10. The molecule has 2 aromatic rings. The summed E-state index contributed by atoms with van der Waals surface area (Å²) in [6.07, 6.45) is 1.08. The third kappa shape index (κ3) is 7.36. The van der Waals surface area contributed by atoms with Crippen LogP contribution in [0.4, 0.5) is 5.69 Å². The molecule has 0 aliphatic carbocycles. The smallest absolute Gasteiger partial charge is 0.240 e. The van der Waals surface area contributed by atoms with Gasteiger partial charge in [0.15, 0.2) is 0 Å². The zero-order valence-corrected chi connectivity index (χ0v) is 20.6. The third-order valence-electron chi connectivity index (χ3n) is 3.99. The number of carbonyl (C=O) groups excluding carboxylic acids is 1. The van der Waals surface area contributed by atoms with E-state index >= 15 is 0 Å². The second kappa shape index (κ2) is 10.9. The van der Waals surface area contributed by atoms with E-state index in [0.717, 1.165) is 26.2 Å². The van der Waals surface area contributed by atoms with Gasteiger partial charge in [-0.3, -0.25) is 9.10 Å². The number of carbonyl (C=O) groups is 1. The maximum absolute atomic E-state index is 12.3. The Morgan fingerprint density at radius 2 is 1.86 bits per heavy atom. The average molecular weight is 540 g/mol. The molecule has 0 aliphatic rings. The standard InChI is InChI=1S/C19H21BrCl2N2O3S2/c1-13-10-14(6-7-16(13)20)24(29(2,26)27)11-19(25)23-8-9-28-12-15-17(21)4-3-5-18(15)22/h3-7,10H,8-9,11-12H2,1-2H3,(H,23,25). The molecule has 1 N–H and O–H groups in total. The van der Waals surface area contributed by atoms with Gasteiger partial charge >= 0.3 is 0 Å². The molecule has 5 nitrogen and oxygen atoms in total. The van der Waals surface area contributed by atoms with Crippen molar-refractivity contribution in [3.63, 3.8) is 0 Å². The zero-order chi connectivity index (χ0) is 21.6. The van der Waals surface area contributed by atoms with Crippen LogP contribution in [-0.2, 0) is 20.6 Å². The molecule has 0 spiro atoms. The number of nitrogens with one attached hydrogen (secondary N) is 1. The highest BCUT2D eigenvalue weighted by Gasteiger charge is 2.21. The van der Waals surface area contributed by atoms with Gasteiger partial charge in [-0.15, -0.1) is 0 Å². The lowest BCUT2D eigenvalue weighted by atomic mass is 10.2. The number of hydrogen-bond acceptors (Lipinski definition) is 4. The predicted molar refractivity (Wildman–Crippen MR) is 127 cm³/mol. The lowest BCUT2D eigenvalue weighted by molar-refractivity contribution is -0.119. The molecule has 10 heteroatoms. The van der Waals surface area contributed by atoms with E-state index < -0.39 is 10.0 Å². The van der Waals surface area contributed by atoms with Crippen LogP contribution in [0.3, 0.4) is 0 Å². The Morgan fingerprint density at radius 1 is 1.21 bits per heavy atom. The monoisotopic (exact) mass is 538 g/mol. The largest absolute Gasteiger partial charge is 0.354 e. The molecule has 0 atom stereocenters. The second-order valence-corrected chi connectivity index (χ2v) is 11.0. The fraction of sp³-hybridized carbons (Fsp3) is 0.316. The Labute approximate surface area is 194 Å². The Kier molecular flexibility index (Phi) is 9.15. The van der Waals surface area contributed by atoms with Crippen LogP contribution in [0.5, 0.6) is 0 Å². The normalized spacial score (nSPS) is 11.3. The Balaban J connectivity index is 1.88. The van der Waals surface area contributed by atoms with E-state index in [0.29, 0.717) is 33.8 Å². The first kappa shape index (κ1) is 24.3. The quantitative estimate of drug-likeness (QED) is 0.461. The highest BCUT2D eigenvalue weighted by atomic mass is 79.9. The van der Waals surface area contributed by atoms with Crippen molar-refractivity contribution in [2.24, 2.45) is 0 Å². The topological polar surface area (TPSA) is 66.5 Å². The van der Waals surface area contributed by atoms with Crippen LogP contribution in [-0.4, -0.2) is 39.4 Å². The molecule has 29 heavy (non-hydrogen) atoms. The lowest BCUT2D eigenvalue weighted by Crippen LogP contribution is -2.41. The van der Waals surface area contributed by atoms with Gasteiger partial charge in [0, 0.05) is 32.6 Å². The molecular formula is C19H21BrCl2N2O3S2. The molecule has 0 radical (unpaired) electrons. The first-order valence-corrected chi connectivity index (χ1v) is 13.2. The maximum atomic E-state index is 12.3. The number of rotatable bonds is 9. The third-order valence-corrected chi connectivity index (χ3v) is 7.72. The molecule has 1 amide bonds. The highest BCUT2D eigenvalue weighted by Crippen LogP contribution is 2.28. The van der Waals surface area contributed by atoms with Gasteiger partial charge in [0.25, 0.3) is 0 Å². The number of hydrogen-bond donors (Lipinski definition) is 1. The fourth-order valence-electron chi connectivity index (χ4n) is 2.48. The van der Waals surface area contributed by atoms with E-state index in [4.69, 9.17) is 23.2 Å². The number of benzene rings is 2. The molecule has 0 unspecified atom stereocenters. The van der Waals surface area contributed by atoms with Crippen molar-refractivity contribution < 1.29 is 13.2 Å². The van der Waals surface area contributed by atoms with Gasteiger partial charge in [-0.1, -0.05) is 45.2 Å². The van der Waals surface area contributed by atoms with Crippen molar-refractivity contribution in [3.8, 4) is 0 Å². The van der Waals surface area contributed by atoms with E-state index in [9.17, 15) is 13.2 Å². The molecule has 0 bridgehead atoms. The summed E-state index contributed by atoms with van der Waals surface area (Å²) in [5.41, 5.74) is 2.19. The summed E-state index contributed by atoms with van der Waals surface area (Å²) in [7, 11) is -3.60. The van der Waals surface area contributed by atoms with Crippen molar-refractivity contribution >= 4 is 72.5 Å². The second-order valence-electron chi connectivity index (χ2n) is 6.31. The predicted octanol–water partition coefficient (Wildman–Crippen LogP) is 4.88. The van der Waals surface area contributed by atoms with Crippen LogP contribution in [0, 0.1) is 6.92 Å². The molecule has 2 rings (SSSR count). The van der Waals surface area contributed by atoms with Gasteiger partial charge in [0.2, 0.25) is 15.9 Å². The average Bonchev–Trinajstić information content (AvgIpc) is 2.63. The molecule has 0 saturated heterocycles. The maximum Gasteiger partial charge on any atom is 0.240 e. The summed E-state index contributed by atoms with van der Waals surface area (Å²) in [5.74, 6) is 0.901. The van der Waals surface area contributed by atoms with Crippen LogP contribution in [0.15, 0.2) is 40.9 Å². The van der Waals surface area contributed by atoms with E-state index in [-0.39, 0.29) is 12.5 Å². The molecule has 0 fully saturated rings. The van der Waals surface area contributed by atoms with Crippen LogP contribution in [0.2, 0.25) is 10.0 Å². The number of thioether (sulfide) groups is 1. The molecule has 2 aromatic carbocycles. The number of amides is 1. The van der Waals surface area contributed by atoms with Crippen molar-refractivity contribution in [1.29, 1.82) is 0 Å². The number of anilines is 1. The van der Waals surface area contributed by atoms with E-state index in [1.165, 1.54) is 0 Å². The van der Waals surface area contributed by atoms with E-state index in [1.807, 2.05) is 6.92 Å². The van der Waals surface area contributed by atoms with Crippen molar-refractivity contribution in [1.82, 2.24) is 5.32 Å². The summed E-state index contributed by atoms with van der Waals surface area (Å²) in [6, 6.07) is 10.5. The van der Waals surface area contributed by atoms with Crippen LogP contribution in [0.25, 0.3) is 0 Å². The molecular weight excluding hydrogens is 519 g/mol. The summed E-state index contributed by atoms with van der Waals surface area (Å²) in [5, 5.41) is 3.98. The first-order valence-electron chi connectivity index (χ1n) is 8.61. The first-order chi connectivity index (χ1) is 13.6. The number of nitrogens with zero attached hydrogens (tertiary/aromatic N) is 1. The van der Waals surface area contributed by atoms with Gasteiger partial charge < -0.3 is 5.32 Å². The summed E-state index contributed by atoms with van der Waals surface area (Å²) in [6.45, 7) is 1.99. The van der Waals surface area contributed by atoms with Crippen LogP contribution >= 0.6 is 50.9 Å².